The summed E-state index contributed by atoms with van der Waals surface area (Å²) in [7, 11) is 1.61. The van der Waals surface area contributed by atoms with E-state index in [-0.39, 0.29) is 5.91 Å². The van der Waals surface area contributed by atoms with Gasteiger partial charge in [-0.05, 0) is 36.6 Å². The molecule has 1 heterocycles. The van der Waals surface area contributed by atoms with E-state index in [1.54, 1.807) is 24.9 Å². The van der Waals surface area contributed by atoms with E-state index in [0.29, 0.717) is 23.2 Å². The summed E-state index contributed by atoms with van der Waals surface area (Å²) in [6, 6.07) is 5.62. The van der Waals surface area contributed by atoms with Crippen LogP contribution in [-0.2, 0) is 4.79 Å². The first-order valence-electron chi connectivity index (χ1n) is 9.92. The molecule has 1 aromatic heterocycles. The van der Waals surface area contributed by atoms with Gasteiger partial charge in [0.05, 0.1) is 13.7 Å². The molecule has 0 aliphatic carbocycles. The van der Waals surface area contributed by atoms with Crippen molar-refractivity contribution in [3.05, 3.63) is 29.8 Å². The monoisotopic (exact) mass is 435 g/mol. The molecule has 8 heteroatoms. The summed E-state index contributed by atoms with van der Waals surface area (Å²) >= 11 is 3.06. The maximum absolute atomic E-state index is 12.2. The lowest BCUT2D eigenvalue weighted by Gasteiger charge is -2.11. The zero-order valence-corrected chi connectivity index (χ0v) is 18.9. The topological polar surface area (TPSA) is 73.3 Å². The van der Waals surface area contributed by atoms with Crippen LogP contribution in [0.5, 0.6) is 11.5 Å². The molecule has 0 saturated carbocycles. The number of rotatable bonds is 13. The van der Waals surface area contributed by atoms with Crippen LogP contribution in [0.15, 0.2) is 28.6 Å². The minimum atomic E-state index is -0.245. The number of amides is 1. The van der Waals surface area contributed by atoms with Crippen molar-refractivity contribution in [2.75, 3.05) is 24.8 Å². The third-order valence-electron chi connectivity index (χ3n) is 3.98. The molecule has 158 valence electrons. The number of nitrogens with zero attached hydrogens (tertiary/aromatic N) is 2. The maximum atomic E-state index is 12.2. The van der Waals surface area contributed by atoms with Crippen LogP contribution in [0.1, 0.15) is 51.5 Å². The van der Waals surface area contributed by atoms with Crippen LogP contribution in [0.2, 0.25) is 0 Å². The smallest absolute Gasteiger partial charge is 0.250 e. The van der Waals surface area contributed by atoms with Crippen molar-refractivity contribution in [1.29, 1.82) is 0 Å². The first-order chi connectivity index (χ1) is 14.2. The molecule has 0 atom stereocenters. The molecule has 0 aliphatic heterocycles. The highest BCUT2D eigenvalue weighted by molar-refractivity contribution is 8.01. The first-order valence-corrected chi connectivity index (χ1v) is 11.7. The van der Waals surface area contributed by atoms with E-state index in [4.69, 9.17) is 9.47 Å². The molecular formula is C21H29N3O3S2. The van der Waals surface area contributed by atoms with Gasteiger partial charge in [0.1, 0.15) is 0 Å². The quantitative estimate of drug-likeness (QED) is 0.189. The van der Waals surface area contributed by atoms with Gasteiger partial charge in [0.15, 0.2) is 15.8 Å². The fourth-order valence-corrected chi connectivity index (χ4v) is 4.29. The number of carbonyl (C=O) groups excluding carboxylic acids is 1. The van der Waals surface area contributed by atoms with Crippen LogP contribution >= 0.6 is 23.1 Å². The largest absolute Gasteiger partial charge is 0.493 e. The van der Waals surface area contributed by atoms with E-state index in [2.05, 4.69) is 29.4 Å². The molecule has 1 N–H and O–H groups in total. The summed E-state index contributed by atoms with van der Waals surface area (Å²) < 4.78 is 12.1. The Bertz CT molecular complexity index is 793. The van der Waals surface area contributed by atoms with Crippen LogP contribution in [0, 0.1) is 0 Å². The van der Waals surface area contributed by atoms with E-state index < -0.39 is 0 Å². The number of hydrogen-bond donors (Lipinski definition) is 1. The lowest BCUT2D eigenvalue weighted by atomic mass is 10.2. The summed E-state index contributed by atoms with van der Waals surface area (Å²) in [4.78, 5) is 12.2. The molecule has 0 aliphatic rings. The highest BCUT2D eigenvalue weighted by Crippen LogP contribution is 2.29. The van der Waals surface area contributed by atoms with Gasteiger partial charge in [0.25, 0.3) is 0 Å². The van der Waals surface area contributed by atoms with Gasteiger partial charge in [0.2, 0.25) is 11.0 Å². The SMILES string of the molecule is CCCCCOc1ccc(/C=C/C(=O)Nc2nnc(SCCCC)s2)cc1OC. The predicted octanol–water partition coefficient (Wildman–Crippen LogP) is 5.66. The molecule has 6 nitrogen and oxygen atoms in total. The number of carbonyl (C=O) groups is 1. The molecule has 2 rings (SSSR count). The maximum Gasteiger partial charge on any atom is 0.250 e. The zero-order valence-electron chi connectivity index (χ0n) is 17.3. The van der Waals surface area contributed by atoms with Crippen molar-refractivity contribution in [2.24, 2.45) is 0 Å². The standard InChI is InChI=1S/C21H29N3O3S2/c1-4-6-8-13-27-17-11-9-16(15-18(17)26-3)10-12-19(25)22-20-23-24-21(29-20)28-14-7-5-2/h9-12,15H,4-8,13-14H2,1-3H3,(H,22,23,25)/b12-10+. The fraction of sp³-hybridized carbons (Fsp3) is 0.476. The van der Waals surface area contributed by atoms with Crippen molar-refractivity contribution in [1.82, 2.24) is 10.2 Å². The number of benzene rings is 1. The Balaban J connectivity index is 1.88. The molecule has 29 heavy (non-hydrogen) atoms. The Hall–Kier alpha value is -2.06. The van der Waals surface area contributed by atoms with Gasteiger partial charge in [-0.1, -0.05) is 62.3 Å². The van der Waals surface area contributed by atoms with Crippen molar-refractivity contribution < 1.29 is 14.3 Å². The van der Waals surface area contributed by atoms with Gasteiger partial charge in [-0.15, -0.1) is 10.2 Å². The van der Waals surface area contributed by atoms with Gasteiger partial charge < -0.3 is 9.47 Å². The average molecular weight is 436 g/mol. The number of ether oxygens (including phenoxy) is 2. The van der Waals surface area contributed by atoms with E-state index in [1.807, 2.05) is 18.2 Å². The Morgan fingerprint density at radius 1 is 1.17 bits per heavy atom. The van der Waals surface area contributed by atoms with Crippen LogP contribution in [-0.4, -0.2) is 35.6 Å². The second-order valence-corrected chi connectivity index (χ2v) is 8.68. The van der Waals surface area contributed by atoms with Crippen LogP contribution in [0.3, 0.4) is 0 Å². The molecule has 1 aromatic carbocycles. The van der Waals surface area contributed by atoms with Crippen molar-refractivity contribution in [2.45, 2.75) is 50.3 Å². The van der Waals surface area contributed by atoms with Crippen molar-refractivity contribution in [3.63, 3.8) is 0 Å². The van der Waals surface area contributed by atoms with Crippen LogP contribution < -0.4 is 14.8 Å². The van der Waals surface area contributed by atoms with E-state index in [9.17, 15) is 4.79 Å². The number of aromatic nitrogens is 2. The van der Waals surface area contributed by atoms with Gasteiger partial charge in [0, 0.05) is 11.8 Å². The van der Waals surface area contributed by atoms with Crippen molar-refractivity contribution >= 4 is 40.2 Å². The number of methoxy groups -OCH3 is 1. The number of nitrogens with one attached hydrogen (secondary N) is 1. The second kappa shape index (κ2) is 13.2. The van der Waals surface area contributed by atoms with Gasteiger partial charge in [-0.2, -0.15) is 0 Å². The van der Waals surface area contributed by atoms with Gasteiger partial charge in [-0.3, -0.25) is 10.1 Å². The molecule has 1 amide bonds. The summed E-state index contributed by atoms with van der Waals surface area (Å²) in [5, 5.41) is 11.4. The number of anilines is 1. The van der Waals surface area contributed by atoms with Gasteiger partial charge in [-0.25, -0.2) is 0 Å². The van der Waals surface area contributed by atoms with Crippen LogP contribution in [0.4, 0.5) is 5.13 Å². The fourth-order valence-electron chi connectivity index (χ4n) is 2.38. The van der Waals surface area contributed by atoms with E-state index in [0.717, 1.165) is 47.8 Å². The van der Waals surface area contributed by atoms with Crippen LogP contribution in [0.25, 0.3) is 6.08 Å². The third-order valence-corrected chi connectivity index (χ3v) is 6.04. The highest BCUT2D eigenvalue weighted by atomic mass is 32.2. The molecular weight excluding hydrogens is 406 g/mol. The minimum Gasteiger partial charge on any atom is -0.493 e. The zero-order chi connectivity index (χ0) is 20.9. The molecule has 0 bridgehead atoms. The molecule has 0 radical (unpaired) electrons. The number of thioether (sulfide) groups is 1. The number of unbranched alkanes of at least 4 members (excludes halogenated alkanes) is 3. The minimum absolute atomic E-state index is 0.245. The summed E-state index contributed by atoms with van der Waals surface area (Å²) in [5.74, 6) is 2.14. The lowest BCUT2D eigenvalue weighted by molar-refractivity contribution is -0.111. The molecule has 0 fully saturated rings. The lowest BCUT2D eigenvalue weighted by Crippen LogP contribution is -2.07. The summed E-state index contributed by atoms with van der Waals surface area (Å²) in [6.45, 7) is 4.99. The van der Waals surface area contributed by atoms with Gasteiger partial charge >= 0.3 is 0 Å². The average Bonchev–Trinajstić information content (AvgIpc) is 3.17. The molecule has 0 unspecified atom stereocenters. The summed E-state index contributed by atoms with van der Waals surface area (Å²) in [6.07, 6.45) is 8.82. The Morgan fingerprint density at radius 3 is 2.76 bits per heavy atom. The molecule has 0 spiro atoms. The molecule has 0 saturated heterocycles. The Labute approximate surface area is 181 Å². The Morgan fingerprint density at radius 2 is 2.00 bits per heavy atom. The van der Waals surface area contributed by atoms with Crippen molar-refractivity contribution in [3.8, 4) is 11.5 Å². The third kappa shape index (κ3) is 8.45. The Kier molecular flexibility index (Phi) is 10.6. The normalized spacial score (nSPS) is 11.0. The highest BCUT2D eigenvalue weighted by Gasteiger charge is 2.08. The predicted molar refractivity (Wildman–Crippen MR) is 121 cm³/mol. The van der Waals surface area contributed by atoms with E-state index >= 15 is 0 Å². The summed E-state index contributed by atoms with van der Waals surface area (Å²) in [5.41, 5.74) is 0.853. The van der Waals surface area contributed by atoms with E-state index in [1.165, 1.54) is 17.4 Å². The first kappa shape index (κ1) is 23.2. The second-order valence-electron chi connectivity index (χ2n) is 6.36. The molecule has 2 aromatic rings. The number of hydrogen-bond acceptors (Lipinski definition) is 7.